The number of fused-ring (bicyclic) bond motifs is 1. The van der Waals surface area contributed by atoms with Crippen molar-refractivity contribution in [3.05, 3.63) is 114 Å². The lowest BCUT2D eigenvalue weighted by Crippen LogP contribution is -2.54. The second kappa shape index (κ2) is 11.2. The Morgan fingerprint density at radius 1 is 0.738 bits per heavy atom. The Kier molecular flexibility index (Phi) is 7.16. The summed E-state index contributed by atoms with van der Waals surface area (Å²) in [6.45, 7) is 0. The maximum atomic E-state index is 13.8. The van der Waals surface area contributed by atoms with Crippen LogP contribution in [0.2, 0.25) is 0 Å². The van der Waals surface area contributed by atoms with Crippen LogP contribution >= 0.6 is 12.2 Å². The van der Waals surface area contributed by atoms with E-state index in [9.17, 15) is 9.59 Å². The zero-order valence-corrected chi connectivity index (χ0v) is 23.6. The van der Waals surface area contributed by atoms with Crippen molar-refractivity contribution in [2.45, 2.75) is 0 Å². The number of anilines is 1. The first-order valence-corrected chi connectivity index (χ1v) is 13.5. The number of aromatic nitrogens is 1. The summed E-state index contributed by atoms with van der Waals surface area (Å²) in [6.07, 6.45) is 1.56. The lowest BCUT2D eigenvalue weighted by molar-refractivity contribution is -0.122. The topological polar surface area (TPSA) is 82.0 Å². The Labute approximate surface area is 247 Å². The second-order valence-corrected chi connectivity index (χ2v) is 9.83. The maximum absolute atomic E-state index is 13.8. The standard InChI is InChI=1S/C33H25N3O5S/c1-35-29-11-7-6-10-26(29)27(32(35)41-25-18-16-22(39-2)17-19-25)20-28-30(37)34-33(42)36(31(28)38)21-12-14-24(15-13-21)40-23-8-4-3-5-9-23/h3-20H,1-2H3,(H,34,37,42)/b28-20-. The first-order valence-electron chi connectivity index (χ1n) is 13.1. The molecule has 1 aromatic heterocycles. The van der Waals surface area contributed by atoms with Gasteiger partial charge in [0.2, 0.25) is 5.88 Å². The monoisotopic (exact) mass is 575 g/mol. The van der Waals surface area contributed by atoms with Gasteiger partial charge in [-0.15, -0.1) is 0 Å². The van der Waals surface area contributed by atoms with E-state index in [1.54, 1.807) is 61.7 Å². The number of ether oxygens (including phenoxy) is 3. The summed E-state index contributed by atoms with van der Waals surface area (Å²) in [4.78, 5) is 28.3. The van der Waals surface area contributed by atoms with Gasteiger partial charge in [-0.3, -0.25) is 19.8 Å². The third-order valence-corrected chi connectivity index (χ3v) is 7.11. The molecule has 208 valence electrons. The minimum atomic E-state index is -0.589. The fourth-order valence-electron chi connectivity index (χ4n) is 4.74. The van der Waals surface area contributed by atoms with Crippen molar-refractivity contribution in [2.75, 3.05) is 12.0 Å². The Balaban J connectivity index is 1.36. The molecule has 1 fully saturated rings. The molecule has 0 aliphatic carbocycles. The van der Waals surface area contributed by atoms with Gasteiger partial charge in [0.25, 0.3) is 11.8 Å². The summed E-state index contributed by atoms with van der Waals surface area (Å²) >= 11 is 5.41. The van der Waals surface area contributed by atoms with Gasteiger partial charge in [0, 0.05) is 18.0 Å². The molecule has 0 unspecified atom stereocenters. The Morgan fingerprint density at radius 2 is 1.33 bits per heavy atom. The van der Waals surface area contributed by atoms with Crippen LogP contribution in [0, 0.1) is 0 Å². The number of carbonyl (C=O) groups is 2. The van der Waals surface area contributed by atoms with Crippen LogP contribution in [0.1, 0.15) is 5.56 Å². The van der Waals surface area contributed by atoms with Crippen LogP contribution in [-0.4, -0.2) is 28.6 Å². The van der Waals surface area contributed by atoms with Gasteiger partial charge in [-0.1, -0.05) is 36.4 Å². The van der Waals surface area contributed by atoms with E-state index in [0.717, 1.165) is 10.9 Å². The zero-order chi connectivity index (χ0) is 29.2. The number of aryl methyl sites for hydroxylation is 1. The predicted octanol–water partition coefficient (Wildman–Crippen LogP) is 6.60. The van der Waals surface area contributed by atoms with Gasteiger partial charge in [0.15, 0.2) is 5.11 Å². The summed E-state index contributed by atoms with van der Waals surface area (Å²) < 4.78 is 19.3. The lowest BCUT2D eigenvalue weighted by Gasteiger charge is -2.29. The Morgan fingerprint density at radius 3 is 2.05 bits per heavy atom. The molecular weight excluding hydrogens is 550 g/mol. The fraction of sp³-hybridized carbons (Fsp3) is 0.0606. The van der Waals surface area contributed by atoms with Crippen LogP contribution in [0.25, 0.3) is 17.0 Å². The van der Waals surface area contributed by atoms with Gasteiger partial charge < -0.3 is 18.8 Å². The molecule has 1 saturated heterocycles. The molecule has 5 aromatic rings. The highest BCUT2D eigenvalue weighted by atomic mass is 32.1. The van der Waals surface area contributed by atoms with Gasteiger partial charge in [-0.05, 0) is 85.0 Å². The number of rotatable bonds is 7. The van der Waals surface area contributed by atoms with Gasteiger partial charge in [0.05, 0.1) is 18.3 Å². The van der Waals surface area contributed by atoms with Crippen molar-refractivity contribution in [3.63, 3.8) is 0 Å². The number of carbonyl (C=O) groups excluding carboxylic acids is 2. The van der Waals surface area contributed by atoms with Crippen molar-refractivity contribution in [1.29, 1.82) is 0 Å². The second-order valence-electron chi connectivity index (χ2n) is 9.44. The molecule has 1 aliphatic rings. The Bertz CT molecular complexity index is 1850. The maximum Gasteiger partial charge on any atom is 0.270 e. The van der Waals surface area contributed by atoms with E-state index in [0.29, 0.717) is 40.1 Å². The zero-order valence-electron chi connectivity index (χ0n) is 22.7. The van der Waals surface area contributed by atoms with Crippen LogP contribution in [0.5, 0.6) is 28.9 Å². The number of nitrogens with zero attached hydrogens (tertiary/aromatic N) is 2. The van der Waals surface area contributed by atoms with E-state index >= 15 is 0 Å². The predicted molar refractivity (Wildman–Crippen MR) is 165 cm³/mol. The van der Waals surface area contributed by atoms with Crippen molar-refractivity contribution < 1.29 is 23.8 Å². The number of para-hydroxylation sites is 2. The summed E-state index contributed by atoms with van der Waals surface area (Å²) in [6, 6.07) is 31.1. The SMILES string of the molecule is COc1ccc(Oc2c(/C=C3/C(=O)NC(=S)N(c4ccc(Oc5ccccc5)cc4)C3=O)c3ccccc3n2C)cc1. The molecular formula is C33H25N3O5S. The summed E-state index contributed by atoms with van der Waals surface area (Å²) in [5.41, 5.74) is 1.87. The number of thiocarbonyl (C=S) groups is 1. The molecule has 2 heterocycles. The van der Waals surface area contributed by atoms with E-state index in [1.165, 1.54) is 4.90 Å². The van der Waals surface area contributed by atoms with E-state index < -0.39 is 11.8 Å². The average molecular weight is 576 g/mol. The minimum Gasteiger partial charge on any atom is -0.497 e. The van der Waals surface area contributed by atoms with Crippen LogP contribution in [-0.2, 0) is 16.6 Å². The number of hydrogen-bond donors (Lipinski definition) is 1. The van der Waals surface area contributed by atoms with Crippen molar-refractivity contribution in [3.8, 4) is 28.9 Å². The van der Waals surface area contributed by atoms with E-state index in [4.69, 9.17) is 26.4 Å². The molecule has 42 heavy (non-hydrogen) atoms. The van der Waals surface area contributed by atoms with Crippen LogP contribution in [0.3, 0.4) is 0 Å². The van der Waals surface area contributed by atoms with Gasteiger partial charge in [-0.25, -0.2) is 0 Å². The lowest BCUT2D eigenvalue weighted by atomic mass is 10.1. The molecule has 8 nitrogen and oxygen atoms in total. The molecule has 6 rings (SSSR count). The molecule has 1 N–H and O–H groups in total. The normalized spacial score (nSPS) is 14.3. The molecule has 0 bridgehead atoms. The smallest absolute Gasteiger partial charge is 0.270 e. The molecule has 4 aromatic carbocycles. The van der Waals surface area contributed by atoms with Crippen LogP contribution < -0.4 is 24.4 Å². The molecule has 0 saturated carbocycles. The number of benzene rings is 4. The minimum absolute atomic E-state index is 0.00787. The molecule has 2 amide bonds. The molecule has 0 radical (unpaired) electrons. The van der Waals surface area contributed by atoms with Gasteiger partial charge in [-0.2, -0.15) is 0 Å². The summed E-state index contributed by atoms with van der Waals surface area (Å²) in [5, 5.41) is 3.47. The van der Waals surface area contributed by atoms with Crippen LogP contribution in [0.15, 0.2) is 109 Å². The highest BCUT2D eigenvalue weighted by Gasteiger charge is 2.35. The molecule has 9 heteroatoms. The summed E-state index contributed by atoms with van der Waals surface area (Å²) in [5.74, 6) is 1.88. The average Bonchev–Trinajstić information content (AvgIpc) is 3.27. The van der Waals surface area contributed by atoms with Crippen molar-refractivity contribution in [1.82, 2.24) is 9.88 Å². The number of amides is 2. The summed E-state index contributed by atoms with van der Waals surface area (Å²) in [7, 11) is 3.46. The number of nitrogens with one attached hydrogen (secondary N) is 1. The fourth-order valence-corrected chi connectivity index (χ4v) is 5.02. The number of hydrogen-bond acceptors (Lipinski definition) is 6. The highest BCUT2D eigenvalue weighted by Crippen LogP contribution is 2.37. The Hall–Kier alpha value is -5.41. The third-order valence-electron chi connectivity index (χ3n) is 6.83. The van der Waals surface area contributed by atoms with E-state index in [2.05, 4.69) is 5.32 Å². The van der Waals surface area contributed by atoms with Gasteiger partial charge in [0.1, 0.15) is 28.6 Å². The first kappa shape index (κ1) is 26.8. The quantitative estimate of drug-likeness (QED) is 0.134. The van der Waals surface area contributed by atoms with Gasteiger partial charge >= 0.3 is 0 Å². The first-order chi connectivity index (χ1) is 20.4. The number of methoxy groups -OCH3 is 1. The van der Waals surface area contributed by atoms with Crippen molar-refractivity contribution in [2.24, 2.45) is 7.05 Å². The highest BCUT2D eigenvalue weighted by molar-refractivity contribution is 7.80. The third kappa shape index (κ3) is 5.09. The largest absolute Gasteiger partial charge is 0.497 e. The molecule has 0 atom stereocenters. The van der Waals surface area contributed by atoms with Crippen molar-refractivity contribution >= 4 is 51.8 Å². The van der Waals surface area contributed by atoms with Crippen LogP contribution in [0.4, 0.5) is 5.69 Å². The molecule has 1 aliphatic heterocycles. The van der Waals surface area contributed by atoms with E-state index in [1.807, 2.05) is 66.2 Å². The molecule has 0 spiro atoms. The van der Waals surface area contributed by atoms with E-state index in [-0.39, 0.29) is 10.7 Å².